The molecule has 88 valence electrons. The van der Waals surface area contributed by atoms with Crippen molar-refractivity contribution in [3.05, 3.63) is 25.7 Å². The topological polar surface area (TPSA) is 59.2 Å². The second kappa shape index (κ2) is 4.62. The molecule has 0 aliphatic carbocycles. The third kappa shape index (κ3) is 3.37. The molecule has 4 nitrogen and oxygen atoms in total. The number of nitrogens with one attached hydrogen (secondary N) is 1. The molecule has 0 amide bonds. The summed E-state index contributed by atoms with van der Waals surface area (Å²) < 4.78 is 39.0. The average molecular weight is 367 g/mol. The van der Waals surface area contributed by atoms with Crippen LogP contribution in [0.4, 0.5) is 13.2 Å². The Kier molecular flexibility index (Phi) is 3.84. The largest absolute Gasteiger partial charge is 0.573 e. The highest BCUT2D eigenvalue weighted by atomic mass is 127. The Hall–Kier alpha value is -0.770. The van der Waals surface area contributed by atoms with E-state index >= 15 is 0 Å². The predicted molar refractivity (Wildman–Crippen MR) is 56.6 cm³/mol. The number of rotatable bonds is 2. The maximum Gasteiger partial charge on any atom is 0.573 e. The molecule has 0 spiro atoms. The zero-order valence-electron chi connectivity index (χ0n) is 7.19. The minimum Gasteiger partial charge on any atom is -0.400 e. The molecular weight excluding hydrogens is 365 g/mol. The first-order valence-corrected chi connectivity index (χ1v) is 5.05. The highest BCUT2D eigenvalue weighted by Gasteiger charge is 2.32. The fourth-order valence-electron chi connectivity index (χ4n) is 0.832. The van der Waals surface area contributed by atoms with Crippen molar-refractivity contribution in [3.63, 3.8) is 0 Å². The van der Waals surface area contributed by atoms with E-state index in [0.717, 1.165) is 0 Å². The summed E-state index contributed by atoms with van der Waals surface area (Å²) in [5.41, 5.74) is -1.36. The van der Waals surface area contributed by atoms with Crippen LogP contribution in [0.2, 0.25) is 0 Å². The van der Waals surface area contributed by atoms with E-state index < -0.39 is 22.9 Å². The molecule has 0 saturated heterocycles. The molecule has 0 aromatic carbocycles. The summed E-state index contributed by atoms with van der Waals surface area (Å²) in [5, 5.41) is -0.993. The van der Waals surface area contributed by atoms with E-state index in [1.807, 2.05) is 4.98 Å². The number of aromatic amines is 1. The lowest BCUT2D eigenvalue weighted by molar-refractivity contribution is -0.275. The Balaban J connectivity index is 3.26. The molecule has 16 heavy (non-hydrogen) atoms. The van der Waals surface area contributed by atoms with E-state index in [1.54, 1.807) is 22.6 Å². The second-order valence-electron chi connectivity index (χ2n) is 2.51. The van der Waals surface area contributed by atoms with Crippen LogP contribution >= 0.6 is 34.2 Å². The van der Waals surface area contributed by atoms with E-state index in [4.69, 9.17) is 11.6 Å². The first-order valence-electron chi connectivity index (χ1n) is 3.59. The number of alkyl halides is 3. The number of ether oxygens (including phenoxy) is 1. The number of H-pyrrole nitrogens is 1. The highest BCUT2D eigenvalue weighted by Crippen LogP contribution is 2.22. The Morgan fingerprint density at radius 2 is 2.06 bits per heavy atom. The van der Waals surface area contributed by atoms with Crippen LogP contribution in [0, 0.1) is 3.70 Å². The lowest BCUT2D eigenvalue weighted by Crippen LogP contribution is -2.23. The first-order chi connectivity index (χ1) is 7.20. The zero-order chi connectivity index (χ0) is 12.5. The van der Waals surface area contributed by atoms with Crippen molar-refractivity contribution >= 4 is 39.4 Å². The minimum absolute atomic E-state index is 0.0390. The van der Waals surface area contributed by atoms with Crippen molar-refractivity contribution in [1.29, 1.82) is 0 Å². The van der Waals surface area contributed by atoms with Gasteiger partial charge in [-0.05, 0) is 34.2 Å². The normalized spacial score (nSPS) is 11.3. The number of pyridine rings is 1. The summed E-state index contributed by atoms with van der Waals surface area (Å²) >= 11 is 6.66. The molecule has 1 aromatic rings. The molecule has 1 heterocycles. The third-order valence-corrected chi connectivity index (χ3v) is 2.45. The Morgan fingerprint density at radius 1 is 1.50 bits per heavy atom. The van der Waals surface area contributed by atoms with Gasteiger partial charge in [0.25, 0.3) is 10.8 Å². The quantitative estimate of drug-likeness (QED) is 0.496. The lowest BCUT2D eigenvalue weighted by atomic mass is 10.3. The molecule has 0 saturated carbocycles. The van der Waals surface area contributed by atoms with Gasteiger partial charge in [-0.2, -0.15) is 0 Å². The maximum atomic E-state index is 11.9. The molecule has 0 radical (unpaired) electrons. The smallest absolute Gasteiger partial charge is 0.400 e. The summed E-state index contributed by atoms with van der Waals surface area (Å²) in [7, 11) is 0. The number of hydrogen-bond acceptors (Lipinski definition) is 3. The third-order valence-electron chi connectivity index (χ3n) is 1.40. The Morgan fingerprint density at radius 3 is 2.50 bits per heavy atom. The van der Waals surface area contributed by atoms with E-state index in [2.05, 4.69) is 4.74 Å². The van der Waals surface area contributed by atoms with Crippen LogP contribution in [0.25, 0.3) is 0 Å². The molecule has 1 aromatic heterocycles. The molecule has 1 rings (SSSR count). The van der Waals surface area contributed by atoms with Gasteiger partial charge in [-0.15, -0.1) is 13.2 Å². The number of carbonyl (C=O) groups excluding carboxylic acids is 1. The van der Waals surface area contributed by atoms with Crippen LogP contribution in [0.5, 0.6) is 5.75 Å². The number of halogens is 5. The van der Waals surface area contributed by atoms with Gasteiger partial charge in [0.05, 0.1) is 9.26 Å². The number of aromatic nitrogens is 1. The highest BCUT2D eigenvalue weighted by molar-refractivity contribution is 14.1. The molecule has 1 N–H and O–H groups in total. The molecule has 0 unspecified atom stereocenters. The van der Waals surface area contributed by atoms with Gasteiger partial charge in [0.1, 0.15) is 0 Å². The monoisotopic (exact) mass is 367 g/mol. The average Bonchev–Trinajstić information content (AvgIpc) is 2.07. The number of carbonyl (C=O) groups is 1. The van der Waals surface area contributed by atoms with Gasteiger partial charge in [-0.25, -0.2) is 0 Å². The van der Waals surface area contributed by atoms with Gasteiger partial charge in [0, 0.05) is 6.07 Å². The fourth-order valence-corrected chi connectivity index (χ4v) is 1.79. The molecule has 0 bridgehead atoms. The predicted octanol–water partition coefficient (Wildman–Crippen LogP) is 2.26. The Bertz CT molecular complexity index is 485. The molecule has 0 aliphatic rings. The molecule has 0 atom stereocenters. The van der Waals surface area contributed by atoms with E-state index in [0.29, 0.717) is 6.07 Å². The van der Waals surface area contributed by atoms with Gasteiger partial charge in [0.15, 0.2) is 5.75 Å². The second-order valence-corrected chi connectivity index (χ2v) is 3.93. The molecular formula is C7H2ClF3INO3. The van der Waals surface area contributed by atoms with Gasteiger partial charge in [-0.1, -0.05) is 0 Å². The first kappa shape index (κ1) is 13.3. The van der Waals surface area contributed by atoms with Crippen molar-refractivity contribution in [3.8, 4) is 5.75 Å². The van der Waals surface area contributed by atoms with Crippen LogP contribution in [0.15, 0.2) is 10.9 Å². The summed E-state index contributed by atoms with van der Waals surface area (Å²) in [6.45, 7) is 0. The summed E-state index contributed by atoms with van der Waals surface area (Å²) in [6.07, 6.45) is -5.01. The lowest BCUT2D eigenvalue weighted by Gasteiger charge is -2.08. The molecule has 0 fully saturated rings. The van der Waals surface area contributed by atoms with Crippen LogP contribution in [0.1, 0.15) is 10.4 Å². The molecule has 9 heteroatoms. The van der Waals surface area contributed by atoms with Crippen molar-refractivity contribution in [2.45, 2.75) is 6.36 Å². The van der Waals surface area contributed by atoms with E-state index in [1.165, 1.54) is 0 Å². The SMILES string of the molecule is O=C(Cl)c1cc(OC(F)(F)F)c(=O)[nH]c1I. The summed E-state index contributed by atoms with van der Waals surface area (Å²) in [5.74, 6) is -1.03. The van der Waals surface area contributed by atoms with Gasteiger partial charge in [0.2, 0.25) is 0 Å². The van der Waals surface area contributed by atoms with Gasteiger partial charge >= 0.3 is 6.36 Å². The van der Waals surface area contributed by atoms with E-state index in [9.17, 15) is 22.8 Å². The number of hydrogen-bond donors (Lipinski definition) is 1. The molecule has 0 aliphatic heterocycles. The minimum atomic E-state index is -5.01. The summed E-state index contributed by atoms with van der Waals surface area (Å²) in [4.78, 5) is 23.9. The standard InChI is InChI=1S/C7H2ClF3INO3/c8-4(14)2-1-3(16-7(9,10)11)6(15)13-5(2)12/h1H,(H,13,15). The van der Waals surface area contributed by atoms with Crippen LogP contribution in [-0.4, -0.2) is 16.6 Å². The van der Waals surface area contributed by atoms with Crippen LogP contribution in [0.3, 0.4) is 0 Å². The van der Waals surface area contributed by atoms with E-state index in [-0.39, 0.29) is 9.26 Å². The fraction of sp³-hybridized carbons (Fsp3) is 0.143. The van der Waals surface area contributed by atoms with Crippen molar-refractivity contribution in [1.82, 2.24) is 4.98 Å². The van der Waals surface area contributed by atoms with Crippen molar-refractivity contribution < 1.29 is 22.7 Å². The Labute approximate surface area is 105 Å². The maximum absolute atomic E-state index is 11.9. The van der Waals surface area contributed by atoms with Gasteiger partial charge in [-0.3, -0.25) is 9.59 Å². The van der Waals surface area contributed by atoms with Crippen LogP contribution < -0.4 is 10.3 Å². The summed E-state index contributed by atoms with van der Waals surface area (Å²) in [6, 6.07) is 0.642. The van der Waals surface area contributed by atoms with Crippen molar-refractivity contribution in [2.75, 3.05) is 0 Å². The zero-order valence-corrected chi connectivity index (χ0v) is 10.1. The van der Waals surface area contributed by atoms with Crippen LogP contribution in [-0.2, 0) is 0 Å². The van der Waals surface area contributed by atoms with Crippen molar-refractivity contribution in [2.24, 2.45) is 0 Å². The van der Waals surface area contributed by atoms with Gasteiger partial charge < -0.3 is 9.72 Å².